The number of amides is 2. The maximum Gasteiger partial charge on any atom is 0.237 e. The summed E-state index contributed by atoms with van der Waals surface area (Å²) in [6.07, 6.45) is 6.15. The highest BCUT2D eigenvalue weighted by molar-refractivity contribution is 7.88. The lowest BCUT2D eigenvalue weighted by Gasteiger charge is -2.37. The van der Waals surface area contributed by atoms with Gasteiger partial charge in [0, 0.05) is 44.7 Å². The number of nitrogens with zero attached hydrogens (tertiary/aromatic N) is 2. The Balaban J connectivity index is 1.56. The van der Waals surface area contributed by atoms with Gasteiger partial charge in [0.2, 0.25) is 21.8 Å². The predicted octanol–water partition coefficient (Wildman–Crippen LogP) is -0.730. The van der Waals surface area contributed by atoms with Crippen molar-refractivity contribution in [1.82, 2.24) is 19.8 Å². The topological polar surface area (TPSA) is 98.8 Å². The Labute approximate surface area is 149 Å². The van der Waals surface area contributed by atoms with Crippen LogP contribution in [0.4, 0.5) is 0 Å². The lowest BCUT2D eigenvalue weighted by Crippen LogP contribution is -2.58. The maximum absolute atomic E-state index is 12.4. The lowest BCUT2D eigenvalue weighted by atomic mass is 10.0. The Hall–Kier alpha value is -1.19. The SMILES string of the molecule is CS(=O)(=O)N[C@H]1C[C@H]2C(=O)NC[C@@H](CCC(=O)N3CCCCC3)N2C1. The fourth-order valence-electron chi connectivity index (χ4n) is 4.22. The van der Waals surface area contributed by atoms with E-state index in [-0.39, 0.29) is 29.9 Å². The predicted molar refractivity (Wildman–Crippen MR) is 93.3 cm³/mol. The maximum atomic E-state index is 12.4. The number of hydrogen-bond acceptors (Lipinski definition) is 5. The van der Waals surface area contributed by atoms with E-state index in [2.05, 4.69) is 14.9 Å². The van der Waals surface area contributed by atoms with Crippen LogP contribution >= 0.6 is 0 Å². The fraction of sp³-hybridized carbons (Fsp3) is 0.875. The van der Waals surface area contributed by atoms with Gasteiger partial charge in [0.1, 0.15) is 0 Å². The zero-order chi connectivity index (χ0) is 18.0. The number of fused-ring (bicyclic) bond motifs is 1. The molecule has 0 spiro atoms. The molecule has 3 aliphatic rings. The van der Waals surface area contributed by atoms with Gasteiger partial charge in [-0.05, 0) is 32.1 Å². The van der Waals surface area contributed by atoms with Crippen LogP contribution in [-0.4, -0.2) is 80.6 Å². The first-order chi connectivity index (χ1) is 11.8. The summed E-state index contributed by atoms with van der Waals surface area (Å²) in [4.78, 5) is 28.5. The fourth-order valence-corrected chi connectivity index (χ4v) is 5.00. The van der Waals surface area contributed by atoms with E-state index in [0.717, 1.165) is 32.2 Å². The Morgan fingerprint density at radius 2 is 2.00 bits per heavy atom. The number of likely N-dealkylation sites (tertiary alicyclic amines) is 1. The Bertz CT molecular complexity index is 618. The molecule has 2 N–H and O–H groups in total. The number of piperidine rings is 1. The highest BCUT2D eigenvalue weighted by atomic mass is 32.2. The van der Waals surface area contributed by atoms with Gasteiger partial charge in [0.05, 0.1) is 12.3 Å². The molecule has 3 fully saturated rings. The van der Waals surface area contributed by atoms with Gasteiger partial charge in [0.25, 0.3) is 0 Å². The molecule has 142 valence electrons. The smallest absolute Gasteiger partial charge is 0.237 e. The third-order valence-electron chi connectivity index (χ3n) is 5.40. The molecule has 0 aromatic carbocycles. The highest BCUT2D eigenvalue weighted by Gasteiger charge is 2.44. The molecular formula is C16H28N4O4S. The van der Waals surface area contributed by atoms with Crippen LogP contribution in [0.15, 0.2) is 0 Å². The van der Waals surface area contributed by atoms with Crippen molar-refractivity contribution < 1.29 is 18.0 Å². The first-order valence-electron chi connectivity index (χ1n) is 9.12. The van der Waals surface area contributed by atoms with Crippen molar-refractivity contribution in [3.63, 3.8) is 0 Å². The minimum Gasteiger partial charge on any atom is -0.353 e. The van der Waals surface area contributed by atoms with Gasteiger partial charge in [-0.2, -0.15) is 0 Å². The minimum absolute atomic E-state index is 0.0450. The summed E-state index contributed by atoms with van der Waals surface area (Å²) in [5.41, 5.74) is 0. The quantitative estimate of drug-likeness (QED) is 0.663. The van der Waals surface area contributed by atoms with Crippen molar-refractivity contribution in [1.29, 1.82) is 0 Å². The summed E-state index contributed by atoms with van der Waals surface area (Å²) in [6.45, 7) is 2.75. The number of nitrogens with one attached hydrogen (secondary N) is 2. The van der Waals surface area contributed by atoms with Crippen LogP contribution in [0.3, 0.4) is 0 Å². The van der Waals surface area contributed by atoms with Crippen LogP contribution in [-0.2, 0) is 19.6 Å². The van der Waals surface area contributed by atoms with Crippen LogP contribution in [0.25, 0.3) is 0 Å². The standard InChI is InChI=1S/C16H28N4O4S/c1-25(23,24)18-12-9-14-16(22)17-10-13(20(14)11-12)5-6-15(21)19-7-3-2-4-8-19/h12-14,18H,2-11H2,1H3,(H,17,22)/t12-,13+,14-/m0/s1. The van der Waals surface area contributed by atoms with Crippen molar-refractivity contribution in [3.05, 3.63) is 0 Å². The molecule has 0 aliphatic carbocycles. The van der Waals surface area contributed by atoms with Gasteiger partial charge in [-0.15, -0.1) is 0 Å². The number of piperazine rings is 1. The monoisotopic (exact) mass is 372 g/mol. The summed E-state index contributed by atoms with van der Waals surface area (Å²) in [5, 5.41) is 2.91. The molecule has 0 bridgehead atoms. The Morgan fingerprint density at radius 1 is 1.28 bits per heavy atom. The molecular weight excluding hydrogens is 344 g/mol. The number of hydrogen-bond donors (Lipinski definition) is 2. The second kappa shape index (κ2) is 7.59. The molecule has 2 amide bonds. The van der Waals surface area contributed by atoms with E-state index < -0.39 is 10.0 Å². The Morgan fingerprint density at radius 3 is 2.68 bits per heavy atom. The number of sulfonamides is 1. The largest absolute Gasteiger partial charge is 0.353 e. The van der Waals surface area contributed by atoms with Crippen LogP contribution in [0.1, 0.15) is 38.5 Å². The van der Waals surface area contributed by atoms with Crippen LogP contribution in [0, 0.1) is 0 Å². The first-order valence-corrected chi connectivity index (χ1v) is 11.0. The average Bonchev–Trinajstić information content (AvgIpc) is 2.97. The molecule has 8 nitrogen and oxygen atoms in total. The molecule has 0 aromatic heterocycles. The van der Waals surface area contributed by atoms with Crippen molar-refractivity contribution >= 4 is 21.8 Å². The molecule has 0 radical (unpaired) electrons. The van der Waals surface area contributed by atoms with Crippen molar-refractivity contribution in [2.75, 3.05) is 32.4 Å². The first kappa shape index (κ1) is 18.6. The van der Waals surface area contributed by atoms with E-state index in [1.165, 1.54) is 6.42 Å². The number of carbonyl (C=O) groups is 2. The second-order valence-electron chi connectivity index (χ2n) is 7.41. The van der Waals surface area contributed by atoms with Gasteiger partial charge in [-0.25, -0.2) is 13.1 Å². The molecule has 3 aliphatic heterocycles. The van der Waals surface area contributed by atoms with Crippen LogP contribution in [0.5, 0.6) is 0 Å². The van der Waals surface area contributed by atoms with Crippen LogP contribution in [0.2, 0.25) is 0 Å². The summed E-state index contributed by atoms with van der Waals surface area (Å²) in [6, 6.07) is -0.463. The van der Waals surface area contributed by atoms with Crippen molar-refractivity contribution in [2.24, 2.45) is 0 Å². The number of carbonyl (C=O) groups excluding carboxylic acids is 2. The van der Waals surface area contributed by atoms with E-state index in [4.69, 9.17) is 0 Å². The van der Waals surface area contributed by atoms with Gasteiger partial charge in [0.15, 0.2) is 0 Å². The molecule has 0 saturated carbocycles. The van der Waals surface area contributed by atoms with Crippen molar-refractivity contribution in [3.8, 4) is 0 Å². The molecule has 3 atom stereocenters. The lowest BCUT2D eigenvalue weighted by molar-refractivity contribution is -0.133. The van der Waals surface area contributed by atoms with Gasteiger partial charge >= 0.3 is 0 Å². The zero-order valence-electron chi connectivity index (χ0n) is 14.7. The zero-order valence-corrected chi connectivity index (χ0v) is 15.6. The van der Waals surface area contributed by atoms with E-state index in [0.29, 0.717) is 32.4 Å². The van der Waals surface area contributed by atoms with E-state index in [1.807, 2.05) is 4.90 Å². The summed E-state index contributed by atoms with van der Waals surface area (Å²) in [7, 11) is -3.29. The average molecular weight is 372 g/mol. The highest BCUT2D eigenvalue weighted by Crippen LogP contribution is 2.26. The molecule has 3 saturated heterocycles. The normalized spacial score (nSPS) is 30.8. The molecule has 0 aromatic rings. The minimum atomic E-state index is -3.29. The molecule has 9 heteroatoms. The van der Waals surface area contributed by atoms with E-state index >= 15 is 0 Å². The van der Waals surface area contributed by atoms with Gasteiger partial charge < -0.3 is 10.2 Å². The van der Waals surface area contributed by atoms with E-state index in [1.54, 1.807) is 0 Å². The van der Waals surface area contributed by atoms with Crippen molar-refractivity contribution in [2.45, 2.75) is 56.7 Å². The molecule has 25 heavy (non-hydrogen) atoms. The molecule has 0 unspecified atom stereocenters. The summed E-state index contributed by atoms with van der Waals surface area (Å²) >= 11 is 0. The van der Waals surface area contributed by atoms with Gasteiger partial charge in [-0.3, -0.25) is 14.5 Å². The summed E-state index contributed by atoms with van der Waals surface area (Å²) < 4.78 is 25.5. The third kappa shape index (κ3) is 4.71. The number of rotatable bonds is 5. The molecule has 3 rings (SSSR count). The van der Waals surface area contributed by atoms with E-state index in [9.17, 15) is 18.0 Å². The van der Waals surface area contributed by atoms with Crippen LogP contribution < -0.4 is 10.0 Å². The Kier molecular flexibility index (Phi) is 5.65. The molecule has 3 heterocycles. The third-order valence-corrected chi connectivity index (χ3v) is 6.17. The van der Waals surface area contributed by atoms with Gasteiger partial charge in [-0.1, -0.05) is 0 Å². The second-order valence-corrected chi connectivity index (χ2v) is 9.19. The summed E-state index contributed by atoms with van der Waals surface area (Å²) in [5.74, 6) is 0.148.